The highest BCUT2D eigenvalue weighted by atomic mass is 16.4. The first-order chi connectivity index (χ1) is 22.2. The monoisotopic (exact) mass is 623 g/mol. The number of likely N-dealkylation sites (tertiary alicyclic amines) is 1. The predicted molar refractivity (Wildman–Crippen MR) is 172 cm³/mol. The molecule has 2 aromatic rings. The minimum absolute atomic E-state index is 0.0168. The third-order valence-corrected chi connectivity index (χ3v) is 12.7. The Hall–Kier alpha value is -3.68. The Labute approximate surface area is 270 Å². The zero-order valence-electron chi connectivity index (χ0n) is 26.6. The summed E-state index contributed by atoms with van der Waals surface area (Å²) in [7, 11) is 0. The van der Waals surface area contributed by atoms with E-state index >= 15 is 0 Å². The molecule has 1 saturated heterocycles. The normalized spacial score (nSPS) is 35.3. The maximum atomic E-state index is 14.9. The van der Waals surface area contributed by atoms with Crippen LogP contribution in [0, 0.1) is 35.0 Å². The second-order valence-electron chi connectivity index (χ2n) is 15.6. The van der Waals surface area contributed by atoms with Crippen LogP contribution in [0.3, 0.4) is 0 Å². The molecule has 8 heteroatoms. The van der Waals surface area contributed by atoms with E-state index in [2.05, 4.69) is 34.9 Å². The molecule has 4 saturated carbocycles. The molecule has 0 spiro atoms. The first-order valence-corrected chi connectivity index (χ1v) is 17.5. The van der Waals surface area contributed by atoms with Gasteiger partial charge in [0, 0.05) is 37.4 Å². The summed E-state index contributed by atoms with van der Waals surface area (Å²) < 4.78 is 0. The van der Waals surface area contributed by atoms with Crippen LogP contribution in [-0.4, -0.2) is 58.9 Å². The van der Waals surface area contributed by atoms with Gasteiger partial charge in [-0.05, 0) is 104 Å². The number of hydrogen-bond acceptors (Lipinski definition) is 4. The Morgan fingerprint density at radius 3 is 1.89 bits per heavy atom. The molecule has 10 rings (SSSR count). The number of carboxylic acid groups (broad SMARTS) is 1. The highest BCUT2D eigenvalue weighted by Crippen LogP contribution is 2.61. The maximum absolute atomic E-state index is 14.9. The topological polar surface area (TPSA) is 116 Å². The van der Waals surface area contributed by atoms with Gasteiger partial charge in [-0.15, -0.1) is 0 Å². The Morgan fingerprint density at radius 2 is 1.37 bits per heavy atom. The fraction of sp³-hybridized carbons (Fsp3) is 0.579. The number of nitrogens with one attached hydrogen (secondary N) is 2. The molecule has 4 atom stereocenters. The molecule has 2 aromatic carbocycles. The minimum atomic E-state index is -1.09. The number of fused-ring (bicyclic) bond motifs is 1. The lowest BCUT2D eigenvalue weighted by Crippen LogP contribution is -2.56. The number of hydrogen-bond donors (Lipinski definition) is 3. The highest BCUT2D eigenvalue weighted by Gasteiger charge is 2.57. The number of carbonyl (C=O) groups excluding carboxylic acids is 3. The molecule has 1 aliphatic heterocycles. The first kappa shape index (κ1) is 29.7. The second kappa shape index (κ2) is 11.2. The van der Waals surface area contributed by atoms with Gasteiger partial charge in [-0.25, -0.2) is 0 Å². The van der Waals surface area contributed by atoms with Crippen molar-refractivity contribution in [2.75, 3.05) is 13.1 Å². The van der Waals surface area contributed by atoms with Crippen molar-refractivity contribution in [3.63, 3.8) is 0 Å². The quantitative estimate of drug-likeness (QED) is 0.390. The van der Waals surface area contributed by atoms with E-state index in [1.807, 2.05) is 29.2 Å². The Balaban J connectivity index is 1.11. The lowest BCUT2D eigenvalue weighted by atomic mass is 9.49. The molecule has 1 heterocycles. The molecule has 8 aliphatic rings. The zero-order chi connectivity index (χ0) is 31.7. The lowest BCUT2D eigenvalue weighted by Gasteiger charge is -2.57. The van der Waals surface area contributed by atoms with Crippen molar-refractivity contribution in [3.05, 3.63) is 70.8 Å². The smallest absolute Gasteiger partial charge is 0.325 e. The minimum Gasteiger partial charge on any atom is -0.480 e. The molecule has 5 fully saturated rings. The van der Waals surface area contributed by atoms with Gasteiger partial charge in [-0.2, -0.15) is 0 Å². The average Bonchev–Trinajstić information content (AvgIpc) is 3.50. The van der Waals surface area contributed by atoms with Gasteiger partial charge in [0.2, 0.25) is 17.7 Å². The van der Waals surface area contributed by atoms with Crippen molar-refractivity contribution >= 4 is 23.7 Å². The molecule has 6 bridgehead atoms. The number of carboxylic acids is 1. The summed E-state index contributed by atoms with van der Waals surface area (Å²) in [6, 6.07) is 15.3. The van der Waals surface area contributed by atoms with Gasteiger partial charge in [0.25, 0.3) is 0 Å². The number of carbonyl (C=O) groups is 4. The van der Waals surface area contributed by atoms with Gasteiger partial charge in [0.15, 0.2) is 0 Å². The van der Waals surface area contributed by atoms with Crippen molar-refractivity contribution in [2.24, 2.45) is 35.0 Å². The number of benzene rings is 2. The largest absolute Gasteiger partial charge is 0.480 e. The standard InChI is InChI=1S/C38H45N3O5/c1-21(37(45)46)40-30(42)16-25-7-6-12-41(25)36(44)34-32-28-10-4-2-8-26(28)31(27-9-3-5-11-29(27)32)33(34)35(43)39-20-38-17-22-13-23(18-38)15-24(14-22)19-38/h2-5,8-11,21-25,31-34H,6-7,12-20H2,1H3,(H,39,43)(H,40,42)(H,45,46)/t21-,22?,23?,24?,25+,31?,32?,33+,34+,38?/m1/s1. The van der Waals surface area contributed by atoms with E-state index in [1.165, 1.54) is 45.4 Å². The number of nitrogens with zero attached hydrogens (tertiary/aromatic N) is 1. The van der Waals surface area contributed by atoms with Crippen LogP contribution in [0.1, 0.15) is 98.8 Å². The van der Waals surface area contributed by atoms with Gasteiger partial charge in [-0.1, -0.05) is 48.5 Å². The Bertz CT molecular complexity index is 1500. The summed E-state index contributed by atoms with van der Waals surface area (Å²) in [6.07, 6.45) is 9.20. The molecule has 0 radical (unpaired) electrons. The van der Waals surface area contributed by atoms with Crippen LogP contribution in [0.5, 0.6) is 0 Å². The maximum Gasteiger partial charge on any atom is 0.325 e. The number of amides is 3. The fourth-order valence-corrected chi connectivity index (χ4v) is 11.3. The van der Waals surface area contributed by atoms with E-state index in [1.54, 1.807) is 0 Å². The molecule has 3 N–H and O–H groups in total. The Morgan fingerprint density at radius 1 is 0.848 bits per heavy atom. The van der Waals surface area contributed by atoms with E-state index in [0.717, 1.165) is 46.4 Å². The van der Waals surface area contributed by atoms with E-state index < -0.39 is 23.8 Å². The molecule has 0 aromatic heterocycles. The van der Waals surface area contributed by atoms with Crippen molar-refractivity contribution in [2.45, 2.75) is 88.6 Å². The van der Waals surface area contributed by atoms with Crippen LogP contribution >= 0.6 is 0 Å². The summed E-state index contributed by atoms with van der Waals surface area (Å²) >= 11 is 0. The molecule has 7 aliphatic carbocycles. The Kier molecular flexibility index (Phi) is 7.26. The van der Waals surface area contributed by atoms with Gasteiger partial charge in [0.05, 0.1) is 11.8 Å². The number of rotatable bonds is 8. The molecule has 242 valence electrons. The summed E-state index contributed by atoms with van der Waals surface area (Å²) in [6.45, 7) is 2.67. The van der Waals surface area contributed by atoms with Gasteiger partial charge in [0.1, 0.15) is 6.04 Å². The third kappa shape index (κ3) is 4.85. The van der Waals surface area contributed by atoms with Gasteiger partial charge < -0.3 is 20.6 Å². The zero-order valence-corrected chi connectivity index (χ0v) is 26.6. The molecular weight excluding hydrogens is 578 g/mol. The second-order valence-corrected chi connectivity index (χ2v) is 15.6. The highest BCUT2D eigenvalue weighted by molar-refractivity contribution is 5.93. The van der Waals surface area contributed by atoms with Crippen LogP contribution in [0.25, 0.3) is 0 Å². The van der Waals surface area contributed by atoms with Crippen LogP contribution in [0.4, 0.5) is 0 Å². The van der Waals surface area contributed by atoms with Gasteiger partial charge in [-0.3, -0.25) is 19.2 Å². The van der Waals surface area contributed by atoms with Crippen LogP contribution in [0.15, 0.2) is 48.5 Å². The predicted octanol–water partition coefficient (Wildman–Crippen LogP) is 4.81. The molecule has 8 nitrogen and oxygen atoms in total. The van der Waals surface area contributed by atoms with E-state index in [0.29, 0.717) is 19.5 Å². The van der Waals surface area contributed by atoms with Gasteiger partial charge >= 0.3 is 5.97 Å². The first-order valence-electron chi connectivity index (χ1n) is 17.5. The lowest BCUT2D eigenvalue weighted by molar-refractivity contribution is -0.146. The summed E-state index contributed by atoms with van der Waals surface area (Å²) in [5.74, 6) is -0.737. The number of aliphatic carboxylic acids is 1. The van der Waals surface area contributed by atoms with Crippen LogP contribution < -0.4 is 10.6 Å². The fourth-order valence-electron chi connectivity index (χ4n) is 11.3. The summed E-state index contributed by atoms with van der Waals surface area (Å²) in [5, 5.41) is 15.3. The third-order valence-electron chi connectivity index (χ3n) is 12.7. The molecular formula is C38H45N3O5. The summed E-state index contributed by atoms with van der Waals surface area (Å²) in [5.41, 5.74) is 4.72. The van der Waals surface area contributed by atoms with Crippen molar-refractivity contribution in [3.8, 4) is 0 Å². The van der Waals surface area contributed by atoms with Crippen LogP contribution in [-0.2, 0) is 19.2 Å². The SMILES string of the molecule is C[C@@H](NC(=O)C[C@@H]1CCCN1C(=O)[C@H]1C2c3ccccc3C(c3ccccc32)[C@@H]1C(=O)NCC12CC3CC(CC(C3)C1)C2)C(=O)O. The van der Waals surface area contributed by atoms with Crippen molar-refractivity contribution < 1.29 is 24.3 Å². The van der Waals surface area contributed by atoms with Crippen LogP contribution in [0.2, 0.25) is 0 Å². The molecule has 46 heavy (non-hydrogen) atoms. The van der Waals surface area contributed by atoms with E-state index in [4.69, 9.17) is 0 Å². The summed E-state index contributed by atoms with van der Waals surface area (Å²) in [4.78, 5) is 55.6. The average molecular weight is 624 g/mol. The molecule has 3 amide bonds. The van der Waals surface area contributed by atoms with E-state index in [-0.39, 0.29) is 47.4 Å². The van der Waals surface area contributed by atoms with E-state index in [9.17, 15) is 24.3 Å². The van der Waals surface area contributed by atoms with Crippen molar-refractivity contribution in [1.29, 1.82) is 0 Å². The molecule has 0 unspecified atom stereocenters. The van der Waals surface area contributed by atoms with Crippen molar-refractivity contribution in [1.82, 2.24) is 15.5 Å².